The minimum Gasteiger partial charge on any atom is -0.348 e. The van der Waals surface area contributed by atoms with Gasteiger partial charge in [0.1, 0.15) is 0 Å². The van der Waals surface area contributed by atoms with Gasteiger partial charge in [-0.2, -0.15) is 0 Å². The van der Waals surface area contributed by atoms with Gasteiger partial charge in [-0.1, -0.05) is 28.8 Å². The van der Waals surface area contributed by atoms with Crippen LogP contribution < -0.4 is 10.5 Å². The molecule has 1 atom stereocenters. The lowest BCUT2D eigenvalue weighted by atomic mass is 10.1. The van der Waals surface area contributed by atoms with E-state index in [1.165, 1.54) is 12.8 Å². The van der Waals surface area contributed by atoms with Gasteiger partial charge in [0.05, 0.1) is 0 Å². The molecule has 0 radical (unpaired) electrons. The van der Waals surface area contributed by atoms with Gasteiger partial charge >= 0.3 is 0 Å². The fraction of sp³-hybridized carbons (Fsp3) is 0.667. The predicted molar refractivity (Wildman–Crippen MR) is 72.9 cm³/mol. The molecule has 94 valence electrons. The van der Waals surface area contributed by atoms with E-state index in [-0.39, 0.29) is 5.56 Å². The lowest BCUT2D eigenvalue weighted by Gasteiger charge is -2.29. The number of halogens is 1. The molecule has 0 aromatic carbocycles. The van der Waals surface area contributed by atoms with Crippen LogP contribution in [0.2, 0.25) is 0 Å². The molecular weight excluding hydrogens is 282 g/mol. The molecule has 1 unspecified atom stereocenters. The van der Waals surface area contributed by atoms with Crippen LogP contribution in [0.25, 0.3) is 0 Å². The molecule has 1 aromatic rings. The molecule has 0 amide bonds. The Balaban J connectivity index is 2.35. The van der Waals surface area contributed by atoms with Crippen molar-refractivity contribution in [2.24, 2.45) is 7.05 Å². The van der Waals surface area contributed by atoms with Crippen molar-refractivity contribution in [3.63, 3.8) is 0 Å². The maximum atomic E-state index is 12.1. The Hall–Kier alpha value is -0.840. The van der Waals surface area contributed by atoms with Crippen LogP contribution >= 0.6 is 15.9 Å². The van der Waals surface area contributed by atoms with Crippen molar-refractivity contribution in [1.29, 1.82) is 0 Å². The SMILES string of the molecule is Cn1ccnc(N2CCCCCC2CBr)c1=O. The van der Waals surface area contributed by atoms with E-state index in [2.05, 4.69) is 25.8 Å². The summed E-state index contributed by atoms with van der Waals surface area (Å²) >= 11 is 3.55. The third kappa shape index (κ3) is 2.70. The van der Waals surface area contributed by atoms with Crippen LogP contribution in [-0.2, 0) is 7.05 Å². The molecule has 1 aliphatic rings. The molecule has 2 rings (SSSR count). The fourth-order valence-corrected chi connectivity index (χ4v) is 2.97. The number of nitrogens with zero attached hydrogens (tertiary/aromatic N) is 3. The molecule has 0 aliphatic carbocycles. The minimum absolute atomic E-state index is 0.000324. The van der Waals surface area contributed by atoms with Crippen LogP contribution in [0.4, 0.5) is 5.82 Å². The molecule has 4 nitrogen and oxygen atoms in total. The van der Waals surface area contributed by atoms with Crippen molar-refractivity contribution in [2.45, 2.75) is 31.7 Å². The Morgan fingerprint density at radius 2 is 2.29 bits per heavy atom. The fourth-order valence-electron chi connectivity index (χ4n) is 2.30. The largest absolute Gasteiger partial charge is 0.348 e. The molecule has 0 saturated carbocycles. The van der Waals surface area contributed by atoms with Crippen molar-refractivity contribution < 1.29 is 0 Å². The van der Waals surface area contributed by atoms with Crippen LogP contribution in [0.5, 0.6) is 0 Å². The van der Waals surface area contributed by atoms with E-state index in [1.54, 1.807) is 24.0 Å². The zero-order valence-corrected chi connectivity index (χ0v) is 11.7. The van der Waals surface area contributed by atoms with Crippen molar-refractivity contribution in [2.75, 3.05) is 16.8 Å². The summed E-state index contributed by atoms with van der Waals surface area (Å²) in [6.07, 6.45) is 8.15. The summed E-state index contributed by atoms with van der Waals surface area (Å²) in [6, 6.07) is 0.389. The zero-order valence-electron chi connectivity index (χ0n) is 10.1. The van der Waals surface area contributed by atoms with Crippen molar-refractivity contribution >= 4 is 21.7 Å². The second-order valence-electron chi connectivity index (χ2n) is 4.52. The lowest BCUT2D eigenvalue weighted by molar-refractivity contribution is 0.615. The van der Waals surface area contributed by atoms with Crippen LogP contribution in [0.15, 0.2) is 17.2 Å². The molecule has 17 heavy (non-hydrogen) atoms. The number of hydrogen-bond donors (Lipinski definition) is 0. The van der Waals surface area contributed by atoms with E-state index in [0.29, 0.717) is 11.9 Å². The molecule has 5 heteroatoms. The summed E-state index contributed by atoms with van der Waals surface area (Å²) in [7, 11) is 1.77. The third-order valence-electron chi connectivity index (χ3n) is 3.33. The van der Waals surface area contributed by atoms with E-state index < -0.39 is 0 Å². The average molecular weight is 300 g/mol. The van der Waals surface area contributed by atoms with E-state index >= 15 is 0 Å². The van der Waals surface area contributed by atoms with Gasteiger partial charge in [0.2, 0.25) is 0 Å². The molecule has 1 fully saturated rings. The molecule has 2 heterocycles. The highest BCUT2D eigenvalue weighted by Gasteiger charge is 2.23. The normalized spacial score (nSPS) is 21.3. The highest BCUT2D eigenvalue weighted by atomic mass is 79.9. The Kier molecular flexibility index (Phi) is 4.20. The maximum absolute atomic E-state index is 12.1. The number of hydrogen-bond acceptors (Lipinski definition) is 3. The molecule has 0 spiro atoms. The third-order valence-corrected chi connectivity index (χ3v) is 4.07. The van der Waals surface area contributed by atoms with Gasteiger partial charge < -0.3 is 9.47 Å². The van der Waals surface area contributed by atoms with Gasteiger partial charge in [-0.25, -0.2) is 4.98 Å². The first-order chi connectivity index (χ1) is 8.24. The summed E-state index contributed by atoms with van der Waals surface area (Å²) in [5, 5.41) is 0.896. The highest BCUT2D eigenvalue weighted by molar-refractivity contribution is 9.09. The summed E-state index contributed by atoms with van der Waals surface area (Å²) in [4.78, 5) is 18.5. The minimum atomic E-state index is 0.000324. The highest BCUT2D eigenvalue weighted by Crippen LogP contribution is 2.21. The first-order valence-corrected chi connectivity index (χ1v) is 7.20. The van der Waals surface area contributed by atoms with E-state index in [0.717, 1.165) is 24.7 Å². The van der Waals surface area contributed by atoms with E-state index in [9.17, 15) is 4.79 Å². The molecule has 1 saturated heterocycles. The topological polar surface area (TPSA) is 38.1 Å². The van der Waals surface area contributed by atoms with Gasteiger partial charge in [-0.15, -0.1) is 0 Å². The van der Waals surface area contributed by atoms with Crippen molar-refractivity contribution in [3.8, 4) is 0 Å². The number of anilines is 1. The summed E-state index contributed by atoms with van der Waals surface area (Å²) in [6.45, 7) is 0.933. The Bertz CT molecular complexity index is 432. The molecule has 0 bridgehead atoms. The van der Waals surface area contributed by atoms with Gasteiger partial charge in [-0.05, 0) is 12.8 Å². The second-order valence-corrected chi connectivity index (χ2v) is 5.17. The number of aryl methyl sites for hydroxylation is 1. The zero-order chi connectivity index (χ0) is 12.3. The smallest absolute Gasteiger partial charge is 0.293 e. The van der Waals surface area contributed by atoms with Gasteiger partial charge in [-0.3, -0.25) is 4.79 Å². The van der Waals surface area contributed by atoms with Crippen LogP contribution in [0.3, 0.4) is 0 Å². The van der Waals surface area contributed by atoms with Crippen molar-refractivity contribution in [3.05, 3.63) is 22.7 Å². The number of alkyl halides is 1. The standard InChI is InChI=1S/C12H18BrN3O/c1-15-8-6-14-11(12(15)17)16-7-4-2-3-5-10(16)9-13/h6,8,10H,2-5,7,9H2,1H3. The molecule has 1 aromatic heterocycles. The summed E-state index contributed by atoms with van der Waals surface area (Å²) < 4.78 is 1.60. The van der Waals surface area contributed by atoms with Gasteiger partial charge in [0.15, 0.2) is 5.82 Å². The predicted octanol–water partition coefficient (Wildman–Crippen LogP) is 1.92. The van der Waals surface area contributed by atoms with Gasteiger partial charge in [0.25, 0.3) is 5.56 Å². The van der Waals surface area contributed by atoms with E-state index in [4.69, 9.17) is 0 Å². The second kappa shape index (κ2) is 5.67. The molecule has 0 N–H and O–H groups in total. The van der Waals surface area contributed by atoms with Crippen molar-refractivity contribution in [1.82, 2.24) is 9.55 Å². The first-order valence-electron chi connectivity index (χ1n) is 6.08. The van der Waals surface area contributed by atoms with Crippen LogP contribution in [-0.4, -0.2) is 27.5 Å². The summed E-state index contributed by atoms with van der Waals surface area (Å²) in [5.41, 5.74) is 0.000324. The number of rotatable bonds is 2. The van der Waals surface area contributed by atoms with Crippen LogP contribution in [0.1, 0.15) is 25.7 Å². The van der Waals surface area contributed by atoms with Gasteiger partial charge in [0, 0.05) is 37.4 Å². The van der Waals surface area contributed by atoms with Crippen LogP contribution in [0, 0.1) is 0 Å². The first kappa shape index (κ1) is 12.6. The molecular formula is C12H18BrN3O. The van der Waals surface area contributed by atoms with E-state index in [1.807, 2.05) is 0 Å². The quantitative estimate of drug-likeness (QED) is 0.783. The lowest BCUT2D eigenvalue weighted by Crippen LogP contribution is -2.41. The maximum Gasteiger partial charge on any atom is 0.293 e. The Labute approximate surface area is 110 Å². The Morgan fingerprint density at radius 1 is 1.47 bits per heavy atom. The molecule has 1 aliphatic heterocycles. The summed E-state index contributed by atoms with van der Waals surface area (Å²) in [5.74, 6) is 0.598. The average Bonchev–Trinajstić information content (AvgIpc) is 2.57. The Morgan fingerprint density at radius 3 is 3.06 bits per heavy atom. The monoisotopic (exact) mass is 299 g/mol. The number of aromatic nitrogens is 2.